The molecule has 0 saturated heterocycles. The van der Waals surface area contributed by atoms with Crippen molar-refractivity contribution in [2.75, 3.05) is 0 Å². The summed E-state index contributed by atoms with van der Waals surface area (Å²) in [4.78, 5) is 23.3. The Hall–Kier alpha value is -1.26. The number of urea groups is 1. The van der Waals surface area contributed by atoms with Crippen LogP contribution >= 0.6 is 0 Å². The van der Waals surface area contributed by atoms with Crippen LogP contribution < -0.4 is 10.6 Å². The van der Waals surface area contributed by atoms with Gasteiger partial charge in [0, 0.05) is 6.04 Å². The van der Waals surface area contributed by atoms with E-state index in [0.29, 0.717) is 12.3 Å². The first kappa shape index (κ1) is 14.2. The molecule has 2 amide bonds. The average molecular weight is 268 g/mol. The Bertz CT molecular complexity index is 372. The molecular formula is C14H24N2O3. The molecule has 4 atom stereocenters. The molecule has 2 bridgehead atoms. The lowest BCUT2D eigenvalue weighted by Gasteiger charge is -2.29. The number of fused-ring (bicyclic) bond motifs is 2. The number of carboxylic acids is 1. The topological polar surface area (TPSA) is 78.4 Å². The lowest BCUT2D eigenvalue weighted by Crippen LogP contribution is -2.57. The molecule has 3 N–H and O–H groups in total. The Morgan fingerprint density at radius 1 is 1.32 bits per heavy atom. The van der Waals surface area contributed by atoms with Crippen LogP contribution in [0.4, 0.5) is 4.79 Å². The molecule has 0 spiro atoms. The summed E-state index contributed by atoms with van der Waals surface area (Å²) >= 11 is 0. The van der Waals surface area contributed by atoms with Crippen LogP contribution in [0.5, 0.6) is 0 Å². The lowest BCUT2D eigenvalue weighted by atomic mass is 9.95. The van der Waals surface area contributed by atoms with E-state index >= 15 is 0 Å². The van der Waals surface area contributed by atoms with E-state index in [0.717, 1.165) is 18.8 Å². The number of hydrogen-bond acceptors (Lipinski definition) is 2. The van der Waals surface area contributed by atoms with Crippen molar-refractivity contribution in [2.24, 2.45) is 11.8 Å². The first-order valence-corrected chi connectivity index (χ1v) is 7.26. The van der Waals surface area contributed by atoms with Crippen LogP contribution in [-0.4, -0.2) is 28.7 Å². The molecule has 5 heteroatoms. The van der Waals surface area contributed by atoms with Gasteiger partial charge in [-0.15, -0.1) is 0 Å². The molecule has 0 aromatic carbocycles. The molecule has 5 nitrogen and oxygen atoms in total. The van der Waals surface area contributed by atoms with Gasteiger partial charge in [-0.3, -0.25) is 0 Å². The molecule has 4 unspecified atom stereocenters. The standard InChI is InChI=1S/C14H24N2O3/c1-3-6-14(2,12(17)18)16-13(19)15-11-8-9-4-5-10(11)7-9/h9-11H,3-8H2,1-2H3,(H,17,18)(H2,15,16,19). The third kappa shape index (κ3) is 3.01. The summed E-state index contributed by atoms with van der Waals surface area (Å²) in [6, 6.07) is -0.102. The molecule has 19 heavy (non-hydrogen) atoms. The molecule has 2 aliphatic rings. The summed E-state index contributed by atoms with van der Waals surface area (Å²) in [6.45, 7) is 3.48. The van der Waals surface area contributed by atoms with Crippen molar-refractivity contribution in [3.63, 3.8) is 0 Å². The van der Waals surface area contributed by atoms with Crippen molar-refractivity contribution >= 4 is 12.0 Å². The Balaban J connectivity index is 1.88. The summed E-state index contributed by atoms with van der Waals surface area (Å²) in [6.07, 6.45) is 5.91. The van der Waals surface area contributed by atoms with Gasteiger partial charge >= 0.3 is 12.0 Å². The van der Waals surface area contributed by atoms with E-state index in [1.807, 2.05) is 6.92 Å². The lowest BCUT2D eigenvalue weighted by molar-refractivity contribution is -0.144. The Morgan fingerprint density at radius 2 is 2.05 bits per heavy atom. The average Bonchev–Trinajstić information content (AvgIpc) is 2.90. The van der Waals surface area contributed by atoms with Crippen molar-refractivity contribution in [3.8, 4) is 0 Å². The smallest absolute Gasteiger partial charge is 0.329 e. The molecule has 2 rings (SSSR count). The summed E-state index contributed by atoms with van der Waals surface area (Å²) in [7, 11) is 0. The third-order valence-corrected chi connectivity index (χ3v) is 4.67. The van der Waals surface area contributed by atoms with E-state index in [4.69, 9.17) is 0 Å². The van der Waals surface area contributed by atoms with E-state index in [2.05, 4.69) is 10.6 Å². The second-order valence-corrected chi connectivity index (χ2v) is 6.27. The maximum absolute atomic E-state index is 12.0. The molecule has 2 aliphatic carbocycles. The van der Waals surface area contributed by atoms with E-state index in [9.17, 15) is 14.7 Å². The summed E-state index contributed by atoms with van der Waals surface area (Å²) in [5, 5.41) is 14.8. The van der Waals surface area contributed by atoms with Gasteiger partial charge in [0.25, 0.3) is 0 Å². The predicted molar refractivity (Wildman–Crippen MR) is 71.9 cm³/mol. The highest BCUT2D eigenvalue weighted by Crippen LogP contribution is 2.44. The van der Waals surface area contributed by atoms with Crippen LogP contribution in [0.3, 0.4) is 0 Å². The van der Waals surface area contributed by atoms with Crippen LogP contribution in [0.1, 0.15) is 52.4 Å². The van der Waals surface area contributed by atoms with Crippen molar-refractivity contribution in [1.82, 2.24) is 10.6 Å². The van der Waals surface area contributed by atoms with Gasteiger partial charge in [0.05, 0.1) is 0 Å². The molecule has 108 valence electrons. The molecule has 0 radical (unpaired) electrons. The van der Waals surface area contributed by atoms with E-state index < -0.39 is 11.5 Å². The summed E-state index contributed by atoms with van der Waals surface area (Å²) in [5.41, 5.74) is -1.17. The molecule has 0 aromatic heterocycles. The number of hydrogen-bond donors (Lipinski definition) is 3. The number of carbonyl (C=O) groups is 2. The van der Waals surface area contributed by atoms with E-state index in [1.54, 1.807) is 6.92 Å². The Morgan fingerprint density at radius 3 is 2.53 bits per heavy atom. The molecule has 0 aromatic rings. The van der Waals surface area contributed by atoms with Gasteiger partial charge in [-0.25, -0.2) is 9.59 Å². The Kier molecular flexibility index (Phi) is 4.02. The van der Waals surface area contributed by atoms with Crippen molar-refractivity contribution in [3.05, 3.63) is 0 Å². The highest BCUT2D eigenvalue weighted by molar-refractivity contribution is 5.85. The number of carbonyl (C=O) groups excluding carboxylic acids is 1. The summed E-state index contributed by atoms with van der Waals surface area (Å²) in [5.74, 6) is 0.382. The van der Waals surface area contributed by atoms with Crippen LogP contribution in [0, 0.1) is 11.8 Å². The van der Waals surface area contributed by atoms with Gasteiger partial charge in [-0.05, 0) is 44.4 Å². The van der Waals surface area contributed by atoms with E-state index in [1.165, 1.54) is 19.3 Å². The normalized spacial score (nSPS) is 31.8. The minimum atomic E-state index is -1.17. The van der Waals surface area contributed by atoms with Crippen molar-refractivity contribution < 1.29 is 14.7 Å². The van der Waals surface area contributed by atoms with Crippen molar-refractivity contribution in [1.29, 1.82) is 0 Å². The second-order valence-electron chi connectivity index (χ2n) is 6.27. The first-order valence-electron chi connectivity index (χ1n) is 7.26. The first-order chi connectivity index (χ1) is 8.94. The zero-order valence-corrected chi connectivity index (χ0v) is 11.7. The van der Waals surface area contributed by atoms with Crippen molar-refractivity contribution in [2.45, 2.75) is 64.0 Å². The fraction of sp³-hybridized carbons (Fsp3) is 0.857. The highest BCUT2D eigenvalue weighted by Gasteiger charge is 2.41. The highest BCUT2D eigenvalue weighted by atomic mass is 16.4. The molecule has 2 fully saturated rings. The largest absolute Gasteiger partial charge is 0.480 e. The molecule has 0 aliphatic heterocycles. The van der Waals surface area contributed by atoms with Gasteiger partial charge in [0.15, 0.2) is 0 Å². The van der Waals surface area contributed by atoms with Crippen LogP contribution in [0.25, 0.3) is 0 Å². The van der Waals surface area contributed by atoms with Gasteiger partial charge in [-0.1, -0.05) is 19.8 Å². The number of amides is 2. The van der Waals surface area contributed by atoms with Crippen LogP contribution in [0.2, 0.25) is 0 Å². The minimum absolute atomic E-state index is 0.235. The SMILES string of the molecule is CCCC(C)(NC(=O)NC1CC2CCC1C2)C(=O)O. The quantitative estimate of drug-likeness (QED) is 0.714. The van der Waals surface area contributed by atoms with Gasteiger partial charge in [0.2, 0.25) is 0 Å². The fourth-order valence-corrected chi connectivity index (χ4v) is 3.60. The molecule has 0 heterocycles. The third-order valence-electron chi connectivity index (χ3n) is 4.67. The number of carboxylic acid groups (broad SMARTS) is 1. The summed E-state index contributed by atoms with van der Waals surface area (Å²) < 4.78 is 0. The number of rotatable bonds is 5. The maximum Gasteiger partial charge on any atom is 0.329 e. The fourth-order valence-electron chi connectivity index (χ4n) is 3.60. The monoisotopic (exact) mass is 268 g/mol. The Labute approximate surface area is 114 Å². The zero-order valence-electron chi connectivity index (χ0n) is 11.7. The van der Waals surface area contributed by atoms with Gasteiger partial charge in [-0.2, -0.15) is 0 Å². The van der Waals surface area contributed by atoms with Gasteiger partial charge in [0.1, 0.15) is 5.54 Å². The number of aliphatic carboxylic acids is 1. The van der Waals surface area contributed by atoms with E-state index in [-0.39, 0.29) is 12.1 Å². The maximum atomic E-state index is 12.0. The number of nitrogens with one attached hydrogen (secondary N) is 2. The zero-order chi connectivity index (χ0) is 14.0. The minimum Gasteiger partial charge on any atom is -0.480 e. The second kappa shape index (κ2) is 5.39. The van der Waals surface area contributed by atoms with Gasteiger partial charge < -0.3 is 15.7 Å². The molecular weight excluding hydrogens is 244 g/mol. The molecule has 2 saturated carbocycles. The predicted octanol–water partition coefficient (Wildman–Crippen LogP) is 2.12. The van der Waals surface area contributed by atoms with Crippen LogP contribution in [0.15, 0.2) is 0 Å². The van der Waals surface area contributed by atoms with Crippen LogP contribution in [-0.2, 0) is 4.79 Å².